The Morgan fingerprint density at radius 3 is 2.53 bits per heavy atom. The van der Waals surface area contributed by atoms with Gasteiger partial charge in [0.1, 0.15) is 31.0 Å². The minimum absolute atomic E-state index is 0.0380. The van der Waals surface area contributed by atoms with Gasteiger partial charge in [-0.2, -0.15) is 8.42 Å². The molecule has 0 bridgehead atoms. The van der Waals surface area contributed by atoms with Crippen LogP contribution in [0.3, 0.4) is 0 Å². The third-order valence-electron chi connectivity index (χ3n) is 4.99. The van der Waals surface area contributed by atoms with Crippen molar-refractivity contribution < 1.29 is 31.6 Å². The topological polar surface area (TPSA) is 103 Å². The quantitative estimate of drug-likeness (QED) is 0.503. The highest BCUT2D eigenvalue weighted by Gasteiger charge is 2.55. The van der Waals surface area contributed by atoms with E-state index >= 15 is 0 Å². The molecule has 4 atom stereocenters. The van der Waals surface area contributed by atoms with Crippen molar-refractivity contribution in [3.05, 3.63) is 65.7 Å². The Bertz CT molecular complexity index is 978. The predicted molar refractivity (Wildman–Crippen MR) is 106 cm³/mol. The van der Waals surface area contributed by atoms with Crippen LogP contribution in [0.5, 0.6) is 0 Å². The van der Waals surface area contributed by atoms with Crippen LogP contribution in [0.15, 0.2) is 59.5 Å². The molecule has 0 aliphatic carbocycles. The van der Waals surface area contributed by atoms with Gasteiger partial charge < -0.3 is 19.5 Å². The van der Waals surface area contributed by atoms with E-state index in [9.17, 15) is 13.2 Å². The number of benzene rings is 2. The molecule has 2 heterocycles. The molecule has 2 aromatic rings. The summed E-state index contributed by atoms with van der Waals surface area (Å²) in [6.45, 7) is 2.24. The lowest BCUT2D eigenvalue weighted by atomic mass is 10.1. The summed E-state index contributed by atoms with van der Waals surface area (Å²) < 4.78 is 47.2. The first-order valence-corrected chi connectivity index (χ1v) is 11.0. The van der Waals surface area contributed by atoms with Gasteiger partial charge in [-0.3, -0.25) is 4.18 Å². The van der Waals surface area contributed by atoms with Crippen LogP contribution in [-0.2, 0) is 35.1 Å². The predicted octanol–water partition coefficient (Wildman–Crippen LogP) is 2.16. The number of amides is 1. The lowest BCUT2D eigenvalue weighted by Gasteiger charge is -2.24. The number of hydrogen-bond acceptors (Lipinski definition) is 7. The molecule has 0 radical (unpaired) electrons. The summed E-state index contributed by atoms with van der Waals surface area (Å²) in [5.41, 5.74) is 1.78. The maximum Gasteiger partial charge on any atom is 0.407 e. The Balaban J connectivity index is 1.39. The molecule has 0 saturated carbocycles. The van der Waals surface area contributed by atoms with Crippen LogP contribution in [0.4, 0.5) is 4.79 Å². The molecule has 4 rings (SSSR count). The Hall–Kier alpha value is -2.46. The van der Waals surface area contributed by atoms with Crippen molar-refractivity contribution in [2.75, 3.05) is 13.2 Å². The molecule has 160 valence electrons. The smallest absolute Gasteiger partial charge is 0.407 e. The van der Waals surface area contributed by atoms with E-state index in [1.54, 1.807) is 12.1 Å². The molecular formula is C21H23NO7S. The van der Waals surface area contributed by atoms with Gasteiger partial charge in [-0.25, -0.2) is 4.79 Å². The van der Waals surface area contributed by atoms with E-state index in [0.717, 1.165) is 11.1 Å². The number of epoxide rings is 1. The normalized spacial score (nSPS) is 23.4. The van der Waals surface area contributed by atoms with E-state index in [1.165, 1.54) is 12.1 Å². The van der Waals surface area contributed by atoms with Crippen molar-refractivity contribution in [3.8, 4) is 0 Å². The molecule has 0 unspecified atom stereocenters. The van der Waals surface area contributed by atoms with Gasteiger partial charge in [-0.05, 0) is 24.6 Å². The van der Waals surface area contributed by atoms with Crippen LogP contribution in [0.1, 0.15) is 11.1 Å². The highest BCUT2D eigenvalue weighted by Crippen LogP contribution is 2.37. The SMILES string of the molecule is Cc1ccc(S(=O)(=O)O[C@@H](CNC(=O)OCc2ccccc2)[C@H]2OC[C@@H]3O[C@H]23)cc1. The van der Waals surface area contributed by atoms with Crippen molar-refractivity contribution in [2.45, 2.75) is 42.8 Å². The van der Waals surface area contributed by atoms with Gasteiger partial charge in [-0.1, -0.05) is 48.0 Å². The molecule has 2 aromatic carbocycles. The number of hydrogen-bond donors (Lipinski definition) is 1. The minimum Gasteiger partial charge on any atom is -0.445 e. The van der Waals surface area contributed by atoms with Crippen LogP contribution in [-0.4, -0.2) is 52.1 Å². The molecule has 9 heteroatoms. The van der Waals surface area contributed by atoms with Crippen LogP contribution in [0.2, 0.25) is 0 Å². The number of aryl methyl sites for hydroxylation is 1. The van der Waals surface area contributed by atoms with Crippen molar-refractivity contribution in [1.29, 1.82) is 0 Å². The summed E-state index contributed by atoms with van der Waals surface area (Å²) in [6, 6.07) is 15.6. The zero-order chi connectivity index (χ0) is 21.1. The summed E-state index contributed by atoms with van der Waals surface area (Å²) in [4.78, 5) is 12.1. The van der Waals surface area contributed by atoms with Crippen molar-refractivity contribution in [3.63, 3.8) is 0 Å². The van der Waals surface area contributed by atoms with Gasteiger partial charge in [0, 0.05) is 0 Å². The van der Waals surface area contributed by atoms with Gasteiger partial charge >= 0.3 is 6.09 Å². The van der Waals surface area contributed by atoms with E-state index in [0.29, 0.717) is 6.61 Å². The van der Waals surface area contributed by atoms with Crippen LogP contribution >= 0.6 is 0 Å². The molecule has 2 saturated heterocycles. The Morgan fingerprint density at radius 2 is 1.90 bits per heavy atom. The van der Waals surface area contributed by atoms with Crippen molar-refractivity contribution in [2.24, 2.45) is 0 Å². The maximum absolute atomic E-state index is 12.7. The number of fused-ring (bicyclic) bond motifs is 1. The van der Waals surface area contributed by atoms with Crippen LogP contribution in [0.25, 0.3) is 0 Å². The number of nitrogens with one attached hydrogen (secondary N) is 1. The highest BCUT2D eigenvalue weighted by molar-refractivity contribution is 7.86. The Morgan fingerprint density at radius 1 is 1.17 bits per heavy atom. The molecule has 2 aliphatic rings. The number of alkyl carbamates (subject to hydrolysis) is 1. The van der Waals surface area contributed by atoms with E-state index in [2.05, 4.69) is 5.32 Å². The summed E-state index contributed by atoms with van der Waals surface area (Å²) in [7, 11) is -4.05. The van der Waals surface area contributed by atoms with Gasteiger partial charge in [0.05, 0.1) is 18.0 Å². The molecule has 30 heavy (non-hydrogen) atoms. The van der Waals surface area contributed by atoms with Crippen molar-refractivity contribution >= 4 is 16.2 Å². The minimum atomic E-state index is -4.05. The first-order valence-electron chi connectivity index (χ1n) is 9.64. The molecule has 2 aliphatic heterocycles. The number of rotatable bonds is 8. The molecule has 1 amide bonds. The number of carbonyl (C=O) groups is 1. The monoisotopic (exact) mass is 433 g/mol. The molecule has 2 fully saturated rings. The lowest BCUT2D eigenvalue weighted by molar-refractivity contribution is -0.0347. The maximum atomic E-state index is 12.7. The number of carbonyl (C=O) groups excluding carboxylic acids is 1. The van der Waals surface area contributed by atoms with Crippen LogP contribution < -0.4 is 5.32 Å². The fourth-order valence-electron chi connectivity index (χ4n) is 3.29. The van der Waals surface area contributed by atoms with E-state index < -0.39 is 28.4 Å². The molecule has 0 aromatic heterocycles. The zero-order valence-electron chi connectivity index (χ0n) is 16.4. The van der Waals surface area contributed by atoms with Gasteiger partial charge in [0.15, 0.2) is 0 Å². The van der Waals surface area contributed by atoms with E-state index in [1.807, 2.05) is 37.3 Å². The zero-order valence-corrected chi connectivity index (χ0v) is 17.2. The second kappa shape index (κ2) is 8.73. The fraction of sp³-hybridized carbons (Fsp3) is 0.381. The summed E-state index contributed by atoms with van der Waals surface area (Å²) in [5, 5.41) is 2.57. The first kappa shape index (κ1) is 20.8. The fourth-order valence-corrected chi connectivity index (χ4v) is 4.37. The van der Waals surface area contributed by atoms with Gasteiger partial charge in [-0.15, -0.1) is 0 Å². The Labute approximate surface area is 175 Å². The third kappa shape index (κ3) is 4.99. The summed E-state index contributed by atoms with van der Waals surface area (Å²) in [6.07, 6.45) is -2.49. The first-order chi connectivity index (χ1) is 14.4. The standard InChI is InChI=1S/C21H23NO7S/c1-14-7-9-16(10-8-14)30(24,25)29-17(19-20-18(28-20)13-26-19)11-22-21(23)27-12-15-5-3-2-4-6-15/h2-10,17-20H,11-13H2,1H3,(H,22,23)/t17-,18-,19+,20-/m0/s1. The molecule has 1 N–H and O–H groups in total. The highest BCUT2D eigenvalue weighted by atomic mass is 32.2. The van der Waals surface area contributed by atoms with E-state index in [-0.39, 0.29) is 30.3 Å². The molecular weight excluding hydrogens is 410 g/mol. The van der Waals surface area contributed by atoms with Crippen molar-refractivity contribution in [1.82, 2.24) is 5.32 Å². The molecule has 8 nitrogen and oxygen atoms in total. The second-order valence-electron chi connectivity index (χ2n) is 7.28. The van der Waals surface area contributed by atoms with Gasteiger partial charge in [0.25, 0.3) is 10.1 Å². The Kier molecular flexibility index (Phi) is 6.05. The summed E-state index contributed by atoms with van der Waals surface area (Å²) >= 11 is 0. The average Bonchev–Trinajstić information content (AvgIpc) is 3.40. The van der Waals surface area contributed by atoms with Crippen LogP contribution in [0, 0.1) is 6.92 Å². The number of ether oxygens (including phenoxy) is 3. The van der Waals surface area contributed by atoms with E-state index in [4.69, 9.17) is 18.4 Å². The third-order valence-corrected chi connectivity index (χ3v) is 6.34. The van der Waals surface area contributed by atoms with Gasteiger partial charge in [0.2, 0.25) is 0 Å². The molecule has 0 spiro atoms. The summed E-state index contributed by atoms with van der Waals surface area (Å²) in [5.74, 6) is 0. The largest absolute Gasteiger partial charge is 0.445 e. The second-order valence-corrected chi connectivity index (χ2v) is 8.85. The average molecular weight is 433 g/mol. The lowest BCUT2D eigenvalue weighted by Crippen LogP contribution is -2.44.